The van der Waals surface area contributed by atoms with E-state index in [1.807, 2.05) is 0 Å². The van der Waals surface area contributed by atoms with Crippen LogP contribution in [0.2, 0.25) is 0 Å². The zero-order valence-corrected chi connectivity index (χ0v) is 7.20. The van der Waals surface area contributed by atoms with Gasteiger partial charge in [0.05, 0.1) is 5.92 Å². The van der Waals surface area contributed by atoms with Gasteiger partial charge in [-0.05, 0) is 32.2 Å². The fourth-order valence-electron chi connectivity index (χ4n) is 1.09. The topological polar surface area (TPSA) is 83.5 Å². The molecular weight excluding hydrogens is 158 g/mol. The third-order valence-corrected chi connectivity index (χ3v) is 1.82. The monoisotopic (exact) mass is 175 g/mol. The molecule has 0 spiro atoms. The third kappa shape index (κ3) is 5.09. The van der Waals surface area contributed by atoms with Crippen LogP contribution < -0.4 is 5.73 Å². The van der Waals surface area contributed by atoms with Gasteiger partial charge < -0.3 is 15.9 Å². The number of hydrogen-bond acceptors (Lipinski definition) is 3. The molecule has 0 bridgehead atoms. The van der Waals surface area contributed by atoms with Crippen molar-refractivity contribution >= 4 is 5.97 Å². The van der Waals surface area contributed by atoms with Crippen molar-refractivity contribution in [3.63, 3.8) is 0 Å². The fraction of sp³-hybridized carbons (Fsp3) is 0.875. The highest BCUT2D eigenvalue weighted by molar-refractivity contribution is 5.69. The SMILES string of the molecule is NCCCC(CCCO)C(=O)O. The summed E-state index contributed by atoms with van der Waals surface area (Å²) in [5.41, 5.74) is 5.26. The lowest BCUT2D eigenvalue weighted by Gasteiger charge is -2.09. The van der Waals surface area contributed by atoms with E-state index < -0.39 is 5.97 Å². The molecule has 72 valence electrons. The highest BCUT2D eigenvalue weighted by atomic mass is 16.4. The molecule has 0 aliphatic carbocycles. The Morgan fingerprint density at radius 2 is 1.92 bits per heavy atom. The maximum atomic E-state index is 10.6. The number of aliphatic hydroxyl groups excluding tert-OH is 1. The predicted molar refractivity (Wildman–Crippen MR) is 45.7 cm³/mol. The van der Waals surface area contributed by atoms with Crippen molar-refractivity contribution in [3.8, 4) is 0 Å². The molecule has 0 saturated carbocycles. The molecule has 4 heteroatoms. The van der Waals surface area contributed by atoms with Crippen LogP contribution in [0.25, 0.3) is 0 Å². The van der Waals surface area contributed by atoms with E-state index >= 15 is 0 Å². The van der Waals surface area contributed by atoms with Crippen LogP contribution in [-0.2, 0) is 4.79 Å². The second kappa shape index (κ2) is 7.06. The van der Waals surface area contributed by atoms with Crippen molar-refractivity contribution < 1.29 is 15.0 Å². The van der Waals surface area contributed by atoms with Gasteiger partial charge in [0.25, 0.3) is 0 Å². The Hall–Kier alpha value is -0.610. The first-order valence-corrected chi connectivity index (χ1v) is 4.26. The van der Waals surface area contributed by atoms with Gasteiger partial charge in [0.15, 0.2) is 0 Å². The number of carboxylic acid groups (broad SMARTS) is 1. The van der Waals surface area contributed by atoms with Crippen LogP contribution in [-0.4, -0.2) is 29.3 Å². The molecule has 0 aromatic rings. The minimum absolute atomic E-state index is 0.0619. The molecule has 12 heavy (non-hydrogen) atoms. The molecule has 0 aromatic carbocycles. The summed E-state index contributed by atoms with van der Waals surface area (Å²) >= 11 is 0. The van der Waals surface area contributed by atoms with Gasteiger partial charge in [-0.25, -0.2) is 0 Å². The van der Waals surface area contributed by atoms with Gasteiger partial charge in [0, 0.05) is 6.61 Å². The highest BCUT2D eigenvalue weighted by Crippen LogP contribution is 2.12. The van der Waals surface area contributed by atoms with Crippen molar-refractivity contribution in [1.29, 1.82) is 0 Å². The van der Waals surface area contributed by atoms with E-state index in [9.17, 15) is 4.79 Å². The van der Waals surface area contributed by atoms with Gasteiger partial charge in [-0.3, -0.25) is 4.79 Å². The molecule has 4 N–H and O–H groups in total. The lowest BCUT2D eigenvalue weighted by atomic mass is 9.98. The maximum Gasteiger partial charge on any atom is 0.306 e. The molecule has 0 aliphatic heterocycles. The Labute approximate surface area is 72.4 Å². The summed E-state index contributed by atoms with van der Waals surface area (Å²) in [6.45, 7) is 0.593. The zero-order chi connectivity index (χ0) is 9.40. The first-order valence-electron chi connectivity index (χ1n) is 4.26. The normalized spacial score (nSPS) is 12.8. The Balaban J connectivity index is 3.62. The Kier molecular flexibility index (Phi) is 6.70. The summed E-state index contributed by atoms with van der Waals surface area (Å²) in [4.78, 5) is 10.6. The molecule has 0 rings (SSSR count). The summed E-state index contributed by atoms with van der Waals surface area (Å²) in [6.07, 6.45) is 2.46. The second-order valence-corrected chi connectivity index (χ2v) is 2.83. The van der Waals surface area contributed by atoms with E-state index in [4.69, 9.17) is 15.9 Å². The number of nitrogens with two attached hydrogens (primary N) is 1. The fourth-order valence-corrected chi connectivity index (χ4v) is 1.09. The maximum absolute atomic E-state index is 10.6. The van der Waals surface area contributed by atoms with E-state index in [1.54, 1.807) is 0 Å². The zero-order valence-electron chi connectivity index (χ0n) is 7.20. The standard InChI is InChI=1S/C8H17NO3/c9-5-1-3-7(8(11)12)4-2-6-10/h7,10H,1-6,9H2,(H,11,12). The average molecular weight is 175 g/mol. The quantitative estimate of drug-likeness (QED) is 0.516. The smallest absolute Gasteiger partial charge is 0.306 e. The average Bonchev–Trinajstić information content (AvgIpc) is 2.04. The summed E-state index contributed by atoms with van der Waals surface area (Å²) in [6, 6.07) is 0. The van der Waals surface area contributed by atoms with Gasteiger partial charge in [-0.15, -0.1) is 0 Å². The molecule has 0 amide bonds. The Bertz CT molecular complexity index is 119. The van der Waals surface area contributed by atoms with Crippen LogP contribution in [0.1, 0.15) is 25.7 Å². The number of aliphatic hydroxyl groups is 1. The van der Waals surface area contributed by atoms with Crippen LogP contribution in [0.5, 0.6) is 0 Å². The number of carboxylic acids is 1. The first-order chi connectivity index (χ1) is 5.72. The van der Waals surface area contributed by atoms with Crippen molar-refractivity contribution in [2.45, 2.75) is 25.7 Å². The first kappa shape index (κ1) is 11.4. The summed E-state index contributed by atoms with van der Waals surface area (Å²) in [5.74, 6) is -1.11. The van der Waals surface area contributed by atoms with Crippen molar-refractivity contribution in [2.75, 3.05) is 13.2 Å². The summed E-state index contributed by atoms with van der Waals surface area (Å²) in [7, 11) is 0. The van der Waals surface area contributed by atoms with Crippen LogP contribution in [0.3, 0.4) is 0 Å². The van der Waals surface area contributed by atoms with Gasteiger partial charge in [0.1, 0.15) is 0 Å². The molecule has 0 saturated heterocycles. The molecule has 0 aliphatic rings. The number of aliphatic carboxylic acids is 1. The minimum Gasteiger partial charge on any atom is -0.481 e. The van der Waals surface area contributed by atoms with Gasteiger partial charge in [-0.1, -0.05) is 0 Å². The van der Waals surface area contributed by atoms with E-state index in [0.29, 0.717) is 25.8 Å². The van der Waals surface area contributed by atoms with E-state index in [0.717, 1.165) is 6.42 Å². The van der Waals surface area contributed by atoms with Crippen LogP contribution in [0.4, 0.5) is 0 Å². The number of carbonyl (C=O) groups is 1. The minimum atomic E-state index is -0.781. The lowest BCUT2D eigenvalue weighted by Crippen LogP contribution is -2.15. The third-order valence-electron chi connectivity index (χ3n) is 1.82. The molecule has 0 fully saturated rings. The molecule has 0 radical (unpaired) electrons. The van der Waals surface area contributed by atoms with Gasteiger partial charge in [0.2, 0.25) is 0 Å². The lowest BCUT2D eigenvalue weighted by molar-refractivity contribution is -0.142. The van der Waals surface area contributed by atoms with E-state index in [-0.39, 0.29) is 12.5 Å². The van der Waals surface area contributed by atoms with E-state index in [2.05, 4.69) is 0 Å². The highest BCUT2D eigenvalue weighted by Gasteiger charge is 2.15. The van der Waals surface area contributed by atoms with Crippen LogP contribution in [0, 0.1) is 5.92 Å². The molecular formula is C8H17NO3. The van der Waals surface area contributed by atoms with Gasteiger partial charge in [-0.2, -0.15) is 0 Å². The van der Waals surface area contributed by atoms with Crippen molar-refractivity contribution in [3.05, 3.63) is 0 Å². The Morgan fingerprint density at radius 3 is 2.33 bits per heavy atom. The number of rotatable bonds is 7. The molecule has 0 aromatic heterocycles. The second-order valence-electron chi connectivity index (χ2n) is 2.83. The van der Waals surface area contributed by atoms with Crippen molar-refractivity contribution in [1.82, 2.24) is 0 Å². The molecule has 4 nitrogen and oxygen atoms in total. The summed E-state index contributed by atoms with van der Waals surface area (Å²) in [5, 5.41) is 17.2. The van der Waals surface area contributed by atoms with E-state index in [1.165, 1.54) is 0 Å². The van der Waals surface area contributed by atoms with Crippen molar-refractivity contribution in [2.24, 2.45) is 11.7 Å². The van der Waals surface area contributed by atoms with Crippen LogP contribution in [0.15, 0.2) is 0 Å². The largest absolute Gasteiger partial charge is 0.481 e. The number of hydrogen-bond donors (Lipinski definition) is 3. The Morgan fingerprint density at radius 1 is 1.33 bits per heavy atom. The van der Waals surface area contributed by atoms with Crippen LogP contribution >= 0.6 is 0 Å². The summed E-state index contributed by atoms with van der Waals surface area (Å²) < 4.78 is 0. The predicted octanol–water partition coefficient (Wildman–Crippen LogP) is 0.199. The molecule has 1 unspecified atom stereocenters. The molecule has 1 atom stereocenters. The van der Waals surface area contributed by atoms with Gasteiger partial charge >= 0.3 is 5.97 Å². The molecule has 0 heterocycles.